The number of amides is 2. The maximum atomic E-state index is 12.8. The molecule has 1 aromatic carbocycles. The lowest BCUT2D eigenvalue weighted by molar-refractivity contribution is -0.145. The van der Waals surface area contributed by atoms with Gasteiger partial charge in [0.25, 0.3) is 5.82 Å². The van der Waals surface area contributed by atoms with Gasteiger partial charge in [0.2, 0.25) is 17.8 Å². The highest BCUT2D eigenvalue weighted by Gasteiger charge is 2.41. The SMILES string of the molecule is Cc1cc(C)cc(NC(=O)C2CC(=O)Nc3nc(C(F)(F)F)nn32)c1. The van der Waals surface area contributed by atoms with Gasteiger partial charge < -0.3 is 5.32 Å². The summed E-state index contributed by atoms with van der Waals surface area (Å²) in [5.74, 6) is -3.05. The van der Waals surface area contributed by atoms with E-state index >= 15 is 0 Å². The molecule has 0 saturated carbocycles. The van der Waals surface area contributed by atoms with Crippen LogP contribution in [0.25, 0.3) is 0 Å². The monoisotopic (exact) mass is 353 g/mol. The molecule has 1 aromatic heterocycles. The molecule has 1 aliphatic rings. The summed E-state index contributed by atoms with van der Waals surface area (Å²) in [7, 11) is 0. The Kier molecular flexibility index (Phi) is 3.97. The summed E-state index contributed by atoms with van der Waals surface area (Å²) in [5.41, 5.74) is 2.32. The van der Waals surface area contributed by atoms with E-state index in [1.807, 2.05) is 19.9 Å². The number of hydrogen-bond donors (Lipinski definition) is 2. The van der Waals surface area contributed by atoms with Crippen molar-refractivity contribution in [1.29, 1.82) is 0 Å². The number of carbonyl (C=O) groups excluding carboxylic acids is 2. The first-order valence-corrected chi connectivity index (χ1v) is 7.36. The third-order valence-corrected chi connectivity index (χ3v) is 3.60. The van der Waals surface area contributed by atoms with Gasteiger partial charge in [0.05, 0.1) is 6.42 Å². The van der Waals surface area contributed by atoms with Crippen molar-refractivity contribution in [3.8, 4) is 0 Å². The third kappa shape index (κ3) is 3.47. The van der Waals surface area contributed by atoms with E-state index in [1.165, 1.54) is 0 Å². The second-order valence-electron chi connectivity index (χ2n) is 5.84. The van der Waals surface area contributed by atoms with Crippen LogP contribution in [0.1, 0.15) is 29.4 Å². The van der Waals surface area contributed by atoms with Crippen molar-refractivity contribution >= 4 is 23.5 Å². The molecule has 10 heteroatoms. The molecule has 0 spiro atoms. The van der Waals surface area contributed by atoms with E-state index in [9.17, 15) is 22.8 Å². The van der Waals surface area contributed by atoms with E-state index < -0.39 is 35.8 Å². The van der Waals surface area contributed by atoms with Crippen molar-refractivity contribution in [3.63, 3.8) is 0 Å². The summed E-state index contributed by atoms with van der Waals surface area (Å²) in [6.07, 6.45) is -5.10. The summed E-state index contributed by atoms with van der Waals surface area (Å²) >= 11 is 0. The number of aromatic nitrogens is 3. The quantitative estimate of drug-likeness (QED) is 0.868. The molecule has 2 aromatic rings. The summed E-state index contributed by atoms with van der Waals surface area (Å²) in [5, 5.41) is 8.14. The van der Waals surface area contributed by atoms with Gasteiger partial charge in [0, 0.05) is 5.69 Å². The Hall–Kier alpha value is -2.91. The average Bonchev–Trinajstić information content (AvgIpc) is 2.88. The molecule has 0 radical (unpaired) electrons. The minimum absolute atomic E-state index is 0.329. The molecule has 132 valence electrons. The predicted octanol–water partition coefficient (Wildman–Crippen LogP) is 2.44. The Balaban J connectivity index is 1.91. The van der Waals surface area contributed by atoms with E-state index in [2.05, 4.69) is 20.7 Å². The van der Waals surface area contributed by atoms with Gasteiger partial charge in [-0.2, -0.15) is 18.2 Å². The molecule has 1 atom stereocenters. The molecule has 0 bridgehead atoms. The Morgan fingerprint density at radius 3 is 2.52 bits per heavy atom. The van der Waals surface area contributed by atoms with Gasteiger partial charge in [-0.25, -0.2) is 4.68 Å². The van der Waals surface area contributed by atoms with Gasteiger partial charge in [-0.3, -0.25) is 14.9 Å². The van der Waals surface area contributed by atoms with Gasteiger partial charge in [-0.15, -0.1) is 5.10 Å². The van der Waals surface area contributed by atoms with Crippen molar-refractivity contribution in [2.75, 3.05) is 10.6 Å². The van der Waals surface area contributed by atoms with Crippen LogP contribution in [0.3, 0.4) is 0 Å². The number of alkyl halides is 3. The third-order valence-electron chi connectivity index (χ3n) is 3.60. The maximum absolute atomic E-state index is 12.8. The summed E-state index contributed by atoms with van der Waals surface area (Å²) < 4.78 is 39.1. The molecule has 1 aliphatic heterocycles. The van der Waals surface area contributed by atoms with Crippen LogP contribution in [0.15, 0.2) is 18.2 Å². The Labute approximate surface area is 140 Å². The van der Waals surface area contributed by atoms with Crippen molar-refractivity contribution < 1.29 is 22.8 Å². The lowest BCUT2D eigenvalue weighted by atomic mass is 10.1. The minimum atomic E-state index is -4.77. The second-order valence-corrected chi connectivity index (χ2v) is 5.84. The summed E-state index contributed by atoms with van der Waals surface area (Å²) in [6, 6.07) is 4.14. The normalized spacial score (nSPS) is 17.0. The zero-order chi connectivity index (χ0) is 18.4. The van der Waals surface area contributed by atoms with Crippen molar-refractivity contribution in [2.24, 2.45) is 0 Å². The fourth-order valence-electron chi connectivity index (χ4n) is 2.66. The number of nitrogens with zero attached hydrogens (tertiary/aromatic N) is 3. The Morgan fingerprint density at radius 1 is 1.28 bits per heavy atom. The highest BCUT2D eigenvalue weighted by atomic mass is 19.4. The number of fused-ring (bicyclic) bond motifs is 1. The van der Waals surface area contributed by atoms with Gasteiger partial charge in [-0.1, -0.05) is 6.07 Å². The molecule has 2 heterocycles. The number of halogens is 3. The lowest BCUT2D eigenvalue weighted by Gasteiger charge is -2.22. The number of carbonyl (C=O) groups is 2. The van der Waals surface area contributed by atoms with E-state index in [0.717, 1.165) is 15.8 Å². The second kappa shape index (κ2) is 5.87. The molecule has 2 amide bonds. The number of aryl methyl sites for hydroxylation is 2. The first-order chi connectivity index (χ1) is 11.6. The lowest BCUT2D eigenvalue weighted by Crippen LogP contribution is -2.36. The highest BCUT2D eigenvalue weighted by molar-refractivity contribution is 6.00. The molecule has 1 unspecified atom stereocenters. The summed E-state index contributed by atoms with van der Waals surface area (Å²) in [4.78, 5) is 27.5. The van der Waals surface area contributed by atoms with Crippen molar-refractivity contribution in [3.05, 3.63) is 35.2 Å². The van der Waals surface area contributed by atoms with Crippen LogP contribution in [0.2, 0.25) is 0 Å². The molecule has 2 N–H and O–H groups in total. The van der Waals surface area contributed by atoms with Crippen LogP contribution in [0.4, 0.5) is 24.8 Å². The first-order valence-electron chi connectivity index (χ1n) is 7.36. The topological polar surface area (TPSA) is 88.9 Å². The van der Waals surface area contributed by atoms with Crippen LogP contribution in [-0.2, 0) is 15.8 Å². The first kappa shape index (κ1) is 16.9. The number of rotatable bonds is 2. The molecular formula is C15H14F3N5O2. The minimum Gasteiger partial charge on any atom is -0.324 e. The average molecular weight is 353 g/mol. The van der Waals surface area contributed by atoms with Gasteiger partial charge in [-0.05, 0) is 37.1 Å². The van der Waals surface area contributed by atoms with Gasteiger partial charge in [0.15, 0.2) is 0 Å². The molecule has 3 rings (SSSR count). The highest BCUT2D eigenvalue weighted by Crippen LogP contribution is 2.31. The number of benzene rings is 1. The van der Waals surface area contributed by atoms with Gasteiger partial charge in [0.1, 0.15) is 6.04 Å². The van der Waals surface area contributed by atoms with Crippen molar-refractivity contribution in [1.82, 2.24) is 14.8 Å². The molecule has 25 heavy (non-hydrogen) atoms. The van der Waals surface area contributed by atoms with Crippen molar-refractivity contribution in [2.45, 2.75) is 32.5 Å². The van der Waals surface area contributed by atoms with E-state index in [1.54, 1.807) is 12.1 Å². The zero-order valence-electron chi connectivity index (χ0n) is 13.3. The van der Waals surface area contributed by atoms with Crippen LogP contribution in [0.5, 0.6) is 0 Å². The number of hydrogen-bond acceptors (Lipinski definition) is 4. The van der Waals surface area contributed by atoms with Crippen LogP contribution in [-0.4, -0.2) is 26.6 Å². The maximum Gasteiger partial charge on any atom is 0.453 e. The number of anilines is 2. The smallest absolute Gasteiger partial charge is 0.324 e. The van der Waals surface area contributed by atoms with E-state index in [-0.39, 0.29) is 6.42 Å². The predicted molar refractivity (Wildman–Crippen MR) is 81.9 cm³/mol. The molecule has 0 aliphatic carbocycles. The fourth-order valence-corrected chi connectivity index (χ4v) is 2.66. The van der Waals surface area contributed by atoms with Crippen LogP contribution >= 0.6 is 0 Å². The van der Waals surface area contributed by atoms with E-state index in [4.69, 9.17) is 0 Å². The van der Waals surface area contributed by atoms with E-state index in [0.29, 0.717) is 5.69 Å². The van der Waals surface area contributed by atoms with Crippen LogP contribution in [0, 0.1) is 13.8 Å². The largest absolute Gasteiger partial charge is 0.453 e. The molecule has 7 nitrogen and oxygen atoms in total. The summed E-state index contributed by atoms with van der Waals surface area (Å²) in [6.45, 7) is 3.70. The Morgan fingerprint density at radius 2 is 1.92 bits per heavy atom. The fraction of sp³-hybridized carbons (Fsp3) is 0.333. The number of nitrogens with one attached hydrogen (secondary N) is 2. The Bertz CT molecular complexity index is 839. The van der Waals surface area contributed by atoms with Gasteiger partial charge >= 0.3 is 6.18 Å². The zero-order valence-corrected chi connectivity index (χ0v) is 13.3. The molecular weight excluding hydrogens is 339 g/mol. The molecule has 0 saturated heterocycles. The standard InChI is InChI=1S/C15H14F3N5O2/c1-7-3-8(2)5-9(4-7)19-12(25)10-6-11(24)20-14-21-13(15(16,17)18)22-23(10)14/h3-5,10H,6H2,1-2H3,(H,19,25)(H,20,21,22,24). The molecule has 0 fully saturated rings. The van der Waals surface area contributed by atoms with Crippen LogP contribution < -0.4 is 10.6 Å².